The van der Waals surface area contributed by atoms with Crippen molar-refractivity contribution in [3.05, 3.63) is 41.0 Å². The van der Waals surface area contributed by atoms with Gasteiger partial charge in [-0.25, -0.2) is 14.6 Å². The molecule has 29 heavy (non-hydrogen) atoms. The summed E-state index contributed by atoms with van der Waals surface area (Å²) in [6.07, 6.45) is 3.75. The number of morpholine rings is 1. The van der Waals surface area contributed by atoms with Crippen molar-refractivity contribution in [1.29, 1.82) is 0 Å². The Kier molecular flexibility index (Phi) is 6.17. The molecule has 1 amide bonds. The Balaban J connectivity index is 1.50. The highest BCUT2D eigenvalue weighted by atomic mass is 35.5. The number of fused-ring (bicyclic) bond motifs is 1. The summed E-state index contributed by atoms with van der Waals surface area (Å²) in [7, 11) is 0. The van der Waals surface area contributed by atoms with Crippen molar-refractivity contribution in [1.82, 2.24) is 25.1 Å². The highest BCUT2D eigenvalue weighted by molar-refractivity contribution is 7.98. The van der Waals surface area contributed by atoms with Gasteiger partial charge in [0.05, 0.1) is 31.3 Å². The zero-order chi connectivity index (χ0) is 20.2. The summed E-state index contributed by atoms with van der Waals surface area (Å²) in [4.78, 5) is 23.8. The topological polar surface area (TPSA) is 85.2 Å². The molecule has 2 aromatic heterocycles. The van der Waals surface area contributed by atoms with E-state index in [9.17, 15) is 4.79 Å². The first-order valence-corrected chi connectivity index (χ1v) is 10.9. The van der Waals surface area contributed by atoms with Crippen molar-refractivity contribution in [2.45, 2.75) is 11.7 Å². The summed E-state index contributed by atoms with van der Waals surface area (Å²) in [5.41, 5.74) is 1.34. The number of carbonyl (C=O) groups excluding carboxylic acids is 1. The van der Waals surface area contributed by atoms with Crippen molar-refractivity contribution in [3.8, 4) is 0 Å². The minimum atomic E-state index is -0.147. The molecule has 0 spiro atoms. The van der Waals surface area contributed by atoms with Crippen LogP contribution in [0.15, 0.2) is 35.6 Å². The largest absolute Gasteiger partial charge is 0.378 e. The summed E-state index contributed by atoms with van der Waals surface area (Å²) >= 11 is 7.37. The molecule has 0 saturated carbocycles. The number of rotatable bonds is 6. The van der Waals surface area contributed by atoms with Gasteiger partial charge in [-0.15, -0.1) is 0 Å². The van der Waals surface area contributed by atoms with Gasteiger partial charge < -0.3 is 15.0 Å². The van der Waals surface area contributed by atoms with Gasteiger partial charge in [-0.05, 0) is 30.5 Å². The van der Waals surface area contributed by atoms with E-state index in [4.69, 9.17) is 21.3 Å². The smallest absolute Gasteiger partial charge is 0.251 e. The Morgan fingerprint density at radius 1 is 1.24 bits per heavy atom. The lowest BCUT2D eigenvalue weighted by atomic mass is 10.2. The standard InChI is InChI=1S/C19H21ClN6O2S/c1-29-19-23-16(25-8-10-28-11-9-25)15-12-22-26(17(15)24-19)7-6-21-18(27)13-2-4-14(20)5-3-13/h2-5,12H,6-11H2,1H3,(H,21,27). The number of amides is 1. The van der Waals surface area contributed by atoms with Gasteiger partial charge in [0.15, 0.2) is 10.8 Å². The molecule has 0 atom stereocenters. The molecule has 0 aliphatic carbocycles. The van der Waals surface area contributed by atoms with Crippen molar-refractivity contribution >= 4 is 46.1 Å². The molecule has 0 radical (unpaired) electrons. The van der Waals surface area contributed by atoms with Crippen LogP contribution in [0.2, 0.25) is 5.02 Å². The summed E-state index contributed by atoms with van der Waals surface area (Å²) in [5, 5.41) is 9.61. The lowest BCUT2D eigenvalue weighted by Gasteiger charge is -2.28. The van der Waals surface area contributed by atoms with Gasteiger partial charge in [-0.1, -0.05) is 23.4 Å². The zero-order valence-electron chi connectivity index (χ0n) is 16.0. The normalized spacial score (nSPS) is 14.3. The third-order valence-electron chi connectivity index (χ3n) is 4.66. The summed E-state index contributed by atoms with van der Waals surface area (Å²) in [6, 6.07) is 6.80. The number of hydrogen-bond donors (Lipinski definition) is 1. The molecule has 4 rings (SSSR count). The Morgan fingerprint density at radius 3 is 2.72 bits per heavy atom. The number of ether oxygens (including phenoxy) is 1. The molecule has 1 fully saturated rings. The van der Waals surface area contributed by atoms with Crippen LogP contribution < -0.4 is 10.2 Å². The van der Waals surface area contributed by atoms with E-state index in [1.165, 1.54) is 11.8 Å². The molecule has 0 unspecified atom stereocenters. The van der Waals surface area contributed by atoms with Crippen LogP contribution in [0.4, 0.5) is 5.82 Å². The fraction of sp³-hybridized carbons (Fsp3) is 0.368. The van der Waals surface area contributed by atoms with Gasteiger partial charge in [0.1, 0.15) is 5.82 Å². The number of aromatic nitrogens is 4. The molecule has 8 nitrogen and oxygen atoms in total. The van der Waals surface area contributed by atoms with Crippen LogP contribution in [-0.2, 0) is 11.3 Å². The van der Waals surface area contributed by atoms with E-state index < -0.39 is 0 Å². The number of nitrogens with one attached hydrogen (secondary N) is 1. The monoisotopic (exact) mass is 432 g/mol. The van der Waals surface area contributed by atoms with Crippen LogP contribution in [0.3, 0.4) is 0 Å². The zero-order valence-corrected chi connectivity index (χ0v) is 17.5. The molecule has 1 aromatic carbocycles. The van der Waals surface area contributed by atoms with E-state index in [0.717, 1.165) is 29.9 Å². The number of thioether (sulfide) groups is 1. The summed E-state index contributed by atoms with van der Waals surface area (Å²) < 4.78 is 7.26. The minimum absolute atomic E-state index is 0.147. The van der Waals surface area contributed by atoms with Crippen molar-refractivity contribution < 1.29 is 9.53 Å². The Morgan fingerprint density at radius 2 is 2.00 bits per heavy atom. The SMILES string of the molecule is CSc1nc(N2CCOCC2)c2cnn(CCNC(=O)c3ccc(Cl)cc3)c2n1. The predicted molar refractivity (Wildman–Crippen MR) is 114 cm³/mol. The van der Waals surface area contributed by atoms with Gasteiger partial charge in [0.2, 0.25) is 0 Å². The predicted octanol–water partition coefficient (Wildman–Crippen LogP) is 2.47. The maximum absolute atomic E-state index is 12.3. The molecular weight excluding hydrogens is 412 g/mol. The first kappa shape index (κ1) is 19.9. The van der Waals surface area contributed by atoms with Gasteiger partial charge in [0, 0.05) is 30.2 Å². The number of halogens is 1. The van der Waals surface area contributed by atoms with E-state index in [1.807, 2.05) is 10.9 Å². The number of benzene rings is 1. The average Bonchev–Trinajstić information content (AvgIpc) is 3.17. The molecule has 10 heteroatoms. The number of carbonyl (C=O) groups is 1. The summed E-state index contributed by atoms with van der Waals surface area (Å²) in [6.45, 7) is 3.90. The number of anilines is 1. The van der Waals surface area contributed by atoms with Crippen LogP contribution in [-0.4, -0.2) is 64.8 Å². The lowest BCUT2D eigenvalue weighted by molar-refractivity contribution is 0.0952. The first-order chi connectivity index (χ1) is 14.2. The first-order valence-electron chi connectivity index (χ1n) is 9.29. The fourth-order valence-corrected chi connectivity index (χ4v) is 3.65. The van der Waals surface area contributed by atoms with E-state index in [2.05, 4.69) is 20.3 Å². The fourth-order valence-electron chi connectivity index (χ4n) is 3.17. The van der Waals surface area contributed by atoms with Crippen molar-refractivity contribution in [2.75, 3.05) is 44.0 Å². The van der Waals surface area contributed by atoms with E-state index in [1.54, 1.807) is 30.5 Å². The molecule has 3 heterocycles. The maximum atomic E-state index is 12.3. The van der Waals surface area contributed by atoms with Crippen LogP contribution in [0.5, 0.6) is 0 Å². The Hall–Kier alpha value is -2.36. The minimum Gasteiger partial charge on any atom is -0.378 e. The molecule has 3 aromatic rings. The molecular formula is C19H21ClN6O2S. The number of hydrogen-bond acceptors (Lipinski definition) is 7. The van der Waals surface area contributed by atoms with Crippen molar-refractivity contribution in [3.63, 3.8) is 0 Å². The second kappa shape index (κ2) is 8.98. The van der Waals surface area contributed by atoms with Crippen LogP contribution in [0.1, 0.15) is 10.4 Å². The van der Waals surface area contributed by atoms with Gasteiger partial charge >= 0.3 is 0 Å². The molecule has 152 valence electrons. The van der Waals surface area contributed by atoms with Crippen LogP contribution in [0.25, 0.3) is 11.0 Å². The maximum Gasteiger partial charge on any atom is 0.251 e. The van der Waals surface area contributed by atoms with Crippen LogP contribution >= 0.6 is 23.4 Å². The van der Waals surface area contributed by atoms with E-state index in [0.29, 0.717) is 42.0 Å². The summed E-state index contributed by atoms with van der Waals surface area (Å²) in [5.74, 6) is 0.741. The second-order valence-electron chi connectivity index (χ2n) is 6.50. The third kappa shape index (κ3) is 4.47. The molecule has 1 aliphatic rings. The molecule has 0 bridgehead atoms. The van der Waals surface area contributed by atoms with Gasteiger partial charge in [-0.2, -0.15) is 5.10 Å². The highest BCUT2D eigenvalue weighted by Crippen LogP contribution is 2.27. The van der Waals surface area contributed by atoms with E-state index in [-0.39, 0.29) is 5.91 Å². The Labute approximate surface area is 177 Å². The lowest BCUT2D eigenvalue weighted by Crippen LogP contribution is -2.37. The van der Waals surface area contributed by atoms with Gasteiger partial charge in [-0.3, -0.25) is 4.79 Å². The molecule has 1 saturated heterocycles. The quantitative estimate of drug-likeness (QED) is 0.473. The van der Waals surface area contributed by atoms with Crippen molar-refractivity contribution in [2.24, 2.45) is 0 Å². The average molecular weight is 433 g/mol. The Bertz CT molecular complexity index is 1000. The third-order valence-corrected chi connectivity index (χ3v) is 5.46. The van der Waals surface area contributed by atoms with E-state index >= 15 is 0 Å². The second-order valence-corrected chi connectivity index (χ2v) is 7.71. The van der Waals surface area contributed by atoms with Gasteiger partial charge in [0.25, 0.3) is 5.91 Å². The molecule has 1 N–H and O–H groups in total. The molecule has 1 aliphatic heterocycles. The van der Waals surface area contributed by atoms with Crippen LogP contribution in [0, 0.1) is 0 Å². The number of nitrogens with zero attached hydrogens (tertiary/aromatic N) is 5. The highest BCUT2D eigenvalue weighted by Gasteiger charge is 2.20.